The largest absolute Gasteiger partial charge is 0.360 e. The molecule has 0 aliphatic carbocycles. The predicted octanol–water partition coefficient (Wildman–Crippen LogP) is 1.68. The van der Waals surface area contributed by atoms with Crippen LogP contribution in [-0.4, -0.2) is 13.6 Å². The van der Waals surface area contributed by atoms with Gasteiger partial charge < -0.3 is 4.52 Å². The molecule has 1 N–H and O–H groups in total. The molecule has 0 spiro atoms. The normalized spacial score (nSPS) is 11.2. The second-order valence-electron chi connectivity index (χ2n) is 3.56. The molecular formula is C11H8ClN3O3S. The molecule has 1 aromatic carbocycles. The van der Waals surface area contributed by atoms with Crippen molar-refractivity contribution in [3.63, 3.8) is 0 Å². The van der Waals surface area contributed by atoms with E-state index in [1.54, 1.807) is 0 Å². The minimum Gasteiger partial charge on any atom is -0.360 e. The fourth-order valence-electron chi connectivity index (χ4n) is 1.36. The summed E-state index contributed by atoms with van der Waals surface area (Å²) in [5.74, 6) is 0.371. The Balaban J connectivity index is 2.27. The molecule has 2 aromatic rings. The van der Waals surface area contributed by atoms with Crippen LogP contribution in [0.5, 0.6) is 0 Å². The molecule has 0 bridgehead atoms. The van der Waals surface area contributed by atoms with E-state index in [2.05, 4.69) is 9.88 Å². The zero-order chi connectivity index (χ0) is 13.9. The molecule has 0 fully saturated rings. The summed E-state index contributed by atoms with van der Waals surface area (Å²) in [6.07, 6.45) is 1.41. The molecule has 0 amide bonds. The zero-order valence-corrected chi connectivity index (χ0v) is 11.1. The van der Waals surface area contributed by atoms with Crippen LogP contribution in [0.4, 0.5) is 0 Å². The Morgan fingerprint density at radius 3 is 2.84 bits per heavy atom. The van der Waals surface area contributed by atoms with E-state index >= 15 is 0 Å². The Bertz CT molecular complexity index is 720. The van der Waals surface area contributed by atoms with Crippen molar-refractivity contribution in [2.75, 3.05) is 0 Å². The number of hydrogen-bond donors (Lipinski definition) is 1. The maximum absolute atomic E-state index is 12.0. The van der Waals surface area contributed by atoms with Gasteiger partial charge in [-0.2, -0.15) is 5.26 Å². The molecule has 0 aliphatic rings. The molecule has 1 aromatic heterocycles. The molecule has 0 saturated heterocycles. The fraction of sp³-hybridized carbons (Fsp3) is 0.0909. The summed E-state index contributed by atoms with van der Waals surface area (Å²) in [6, 6.07) is 7.41. The highest BCUT2D eigenvalue weighted by molar-refractivity contribution is 7.89. The molecular weight excluding hydrogens is 290 g/mol. The minimum atomic E-state index is -3.82. The number of hydrogen-bond acceptors (Lipinski definition) is 5. The second-order valence-corrected chi connectivity index (χ2v) is 5.70. The number of rotatable bonds is 4. The third kappa shape index (κ3) is 3.12. The van der Waals surface area contributed by atoms with Gasteiger partial charge in [0.15, 0.2) is 5.76 Å². The van der Waals surface area contributed by atoms with Crippen LogP contribution in [0.2, 0.25) is 5.02 Å². The van der Waals surface area contributed by atoms with Crippen LogP contribution in [0.1, 0.15) is 11.3 Å². The Hall–Kier alpha value is -1.88. The number of nitriles is 1. The van der Waals surface area contributed by atoms with Crippen LogP contribution in [0.15, 0.2) is 39.9 Å². The summed E-state index contributed by atoms with van der Waals surface area (Å²) >= 11 is 5.83. The Morgan fingerprint density at radius 2 is 2.21 bits per heavy atom. The third-order valence-electron chi connectivity index (χ3n) is 2.28. The standard InChI is InChI=1S/C11H8ClN3O3S/c12-10-2-1-8(6-13)5-11(10)19(16,17)15-7-9-3-4-14-18-9/h1-5,15H,7H2. The van der Waals surface area contributed by atoms with Gasteiger partial charge in [0.1, 0.15) is 4.90 Å². The van der Waals surface area contributed by atoms with Crippen molar-refractivity contribution in [3.05, 3.63) is 46.8 Å². The molecule has 0 unspecified atom stereocenters. The molecule has 0 radical (unpaired) electrons. The number of nitrogens with zero attached hydrogens (tertiary/aromatic N) is 2. The third-order valence-corrected chi connectivity index (χ3v) is 4.16. The van der Waals surface area contributed by atoms with Gasteiger partial charge in [0.25, 0.3) is 0 Å². The van der Waals surface area contributed by atoms with Crippen molar-refractivity contribution in [1.82, 2.24) is 9.88 Å². The van der Waals surface area contributed by atoms with Crippen molar-refractivity contribution in [2.45, 2.75) is 11.4 Å². The molecule has 0 saturated carbocycles. The van der Waals surface area contributed by atoms with E-state index in [0.717, 1.165) is 0 Å². The molecule has 0 aliphatic heterocycles. The zero-order valence-electron chi connectivity index (χ0n) is 9.50. The highest BCUT2D eigenvalue weighted by Gasteiger charge is 2.18. The van der Waals surface area contributed by atoms with Gasteiger partial charge in [-0.05, 0) is 18.2 Å². The highest BCUT2D eigenvalue weighted by Crippen LogP contribution is 2.22. The summed E-state index contributed by atoms with van der Waals surface area (Å²) in [5, 5.41) is 12.3. The first kappa shape index (κ1) is 13.5. The Morgan fingerprint density at radius 1 is 1.42 bits per heavy atom. The lowest BCUT2D eigenvalue weighted by molar-refractivity contribution is 0.380. The first-order chi connectivity index (χ1) is 9.03. The van der Waals surface area contributed by atoms with E-state index in [-0.39, 0.29) is 22.0 Å². The van der Waals surface area contributed by atoms with E-state index < -0.39 is 10.0 Å². The van der Waals surface area contributed by atoms with Gasteiger partial charge >= 0.3 is 0 Å². The molecule has 6 nitrogen and oxygen atoms in total. The van der Waals surface area contributed by atoms with Crippen molar-refractivity contribution < 1.29 is 12.9 Å². The van der Waals surface area contributed by atoms with Crippen LogP contribution >= 0.6 is 11.6 Å². The van der Waals surface area contributed by atoms with E-state index in [9.17, 15) is 8.42 Å². The van der Waals surface area contributed by atoms with Gasteiger partial charge in [0, 0.05) is 6.07 Å². The van der Waals surface area contributed by atoms with Crippen LogP contribution in [0.3, 0.4) is 0 Å². The van der Waals surface area contributed by atoms with Crippen molar-refractivity contribution in [1.29, 1.82) is 5.26 Å². The summed E-state index contributed by atoms with van der Waals surface area (Å²) in [4.78, 5) is -0.146. The smallest absolute Gasteiger partial charge is 0.242 e. The number of benzene rings is 1. The molecule has 1 heterocycles. The number of halogens is 1. The van der Waals surface area contributed by atoms with E-state index in [1.807, 2.05) is 6.07 Å². The number of sulfonamides is 1. The summed E-state index contributed by atoms with van der Waals surface area (Å²) in [5.41, 5.74) is 0.212. The van der Waals surface area contributed by atoms with Crippen LogP contribution in [0.25, 0.3) is 0 Å². The quantitative estimate of drug-likeness (QED) is 0.926. The van der Waals surface area contributed by atoms with Crippen LogP contribution in [-0.2, 0) is 16.6 Å². The van der Waals surface area contributed by atoms with Gasteiger partial charge in [0.2, 0.25) is 10.0 Å². The fourth-order valence-corrected chi connectivity index (χ4v) is 2.87. The maximum Gasteiger partial charge on any atom is 0.242 e. The van der Waals surface area contributed by atoms with E-state index in [1.165, 1.54) is 30.5 Å². The molecule has 98 valence electrons. The first-order valence-corrected chi connectivity index (χ1v) is 6.98. The summed E-state index contributed by atoms with van der Waals surface area (Å²) in [6.45, 7) is -0.0462. The van der Waals surface area contributed by atoms with Crippen molar-refractivity contribution in [2.24, 2.45) is 0 Å². The van der Waals surface area contributed by atoms with Crippen molar-refractivity contribution >= 4 is 21.6 Å². The SMILES string of the molecule is N#Cc1ccc(Cl)c(S(=O)(=O)NCc2ccno2)c1. The number of aromatic nitrogens is 1. The molecule has 0 atom stereocenters. The van der Waals surface area contributed by atoms with Crippen molar-refractivity contribution in [3.8, 4) is 6.07 Å². The average molecular weight is 298 g/mol. The van der Waals surface area contributed by atoms with E-state index in [0.29, 0.717) is 5.76 Å². The molecule has 2 rings (SSSR count). The van der Waals surface area contributed by atoms with E-state index in [4.69, 9.17) is 21.4 Å². The lowest BCUT2D eigenvalue weighted by Gasteiger charge is -2.07. The highest BCUT2D eigenvalue weighted by atomic mass is 35.5. The van der Waals surface area contributed by atoms with Gasteiger partial charge in [0.05, 0.1) is 29.4 Å². The average Bonchev–Trinajstić information content (AvgIpc) is 2.90. The van der Waals surface area contributed by atoms with Gasteiger partial charge in [-0.25, -0.2) is 13.1 Å². The first-order valence-electron chi connectivity index (χ1n) is 5.12. The second kappa shape index (κ2) is 5.40. The summed E-state index contributed by atoms with van der Waals surface area (Å²) < 4.78 is 31.2. The predicted molar refractivity (Wildman–Crippen MR) is 66.7 cm³/mol. The Kier molecular flexibility index (Phi) is 3.85. The van der Waals surface area contributed by atoms with Gasteiger partial charge in [-0.15, -0.1) is 0 Å². The van der Waals surface area contributed by atoms with Gasteiger partial charge in [-0.1, -0.05) is 16.8 Å². The lowest BCUT2D eigenvalue weighted by atomic mass is 10.2. The Labute approximate surface area is 114 Å². The lowest BCUT2D eigenvalue weighted by Crippen LogP contribution is -2.23. The summed E-state index contributed by atoms with van der Waals surface area (Å²) in [7, 11) is -3.82. The van der Waals surface area contributed by atoms with Crippen LogP contribution < -0.4 is 4.72 Å². The maximum atomic E-state index is 12.0. The monoisotopic (exact) mass is 297 g/mol. The molecule has 19 heavy (non-hydrogen) atoms. The van der Waals surface area contributed by atoms with Gasteiger partial charge in [-0.3, -0.25) is 0 Å². The minimum absolute atomic E-state index is 0.0454. The number of nitrogens with one attached hydrogen (secondary N) is 1. The van der Waals surface area contributed by atoms with Crippen LogP contribution in [0, 0.1) is 11.3 Å². The topological polar surface area (TPSA) is 96.0 Å². The molecule has 8 heteroatoms.